The second kappa shape index (κ2) is 5.56. The lowest BCUT2D eigenvalue weighted by atomic mass is 10.1. The Kier molecular flexibility index (Phi) is 3.44. The molecular weight excluding hydrogens is 258 g/mol. The molecule has 2 aromatic carbocycles. The van der Waals surface area contributed by atoms with Crippen LogP contribution in [-0.4, -0.2) is 9.97 Å². The van der Waals surface area contributed by atoms with Crippen LogP contribution in [0.4, 0.5) is 0 Å². The van der Waals surface area contributed by atoms with Gasteiger partial charge in [0.15, 0.2) is 5.82 Å². The minimum atomic E-state index is 0.634. The summed E-state index contributed by atoms with van der Waals surface area (Å²) >= 11 is 0. The Hall–Kier alpha value is -2.99. The molecule has 1 aromatic heterocycles. The predicted molar refractivity (Wildman–Crippen MR) is 82.4 cm³/mol. The van der Waals surface area contributed by atoms with Crippen molar-refractivity contribution in [2.45, 2.75) is 6.92 Å². The molecule has 0 unspecified atom stereocenters. The lowest BCUT2D eigenvalue weighted by Gasteiger charge is -2.06. The highest BCUT2D eigenvalue weighted by Gasteiger charge is 2.06. The molecule has 21 heavy (non-hydrogen) atoms. The molecule has 0 aliphatic rings. The van der Waals surface area contributed by atoms with Gasteiger partial charge >= 0.3 is 0 Å². The van der Waals surface area contributed by atoms with E-state index < -0.39 is 0 Å². The minimum Gasteiger partial charge on any atom is -0.233 e. The average molecular weight is 271 g/mol. The van der Waals surface area contributed by atoms with E-state index >= 15 is 0 Å². The summed E-state index contributed by atoms with van der Waals surface area (Å²) in [5.74, 6) is 0.679. The molecule has 0 saturated heterocycles. The van der Waals surface area contributed by atoms with Gasteiger partial charge in [0.1, 0.15) is 0 Å². The number of nitriles is 1. The van der Waals surface area contributed by atoms with Gasteiger partial charge in [-0.1, -0.05) is 30.3 Å². The summed E-state index contributed by atoms with van der Waals surface area (Å²) in [5, 5.41) is 8.85. The fourth-order valence-corrected chi connectivity index (χ4v) is 2.15. The van der Waals surface area contributed by atoms with Crippen molar-refractivity contribution in [1.29, 1.82) is 5.26 Å². The third-order valence-corrected chi connectivity index (χ3v) is 3.20. The minimum absolute atomic E-state index is 0.634. The number of benzene rings is 2. The third-order valence-electron chi connectivity index (χ3n) is 3.20. The van der Waals surface area contributed by atoms with Gasteiger partial charge in [-0.3, -0.25) is 0 Å². The van der Waals surface area contributed by atoms with Crippen molar-refractivity contribution < 1.29 is 0 Å². The van der Waals surface area contributed by atoms with Crippen LogP contribution < -0.4 is 0 Å². The molecular formula is C18H13N3. The van der Waals surface area contributed by atoms with E-state index in [0.717, 1.165) is 22.5 Å². The number of hydrogen-bond donors (Lipinski definition) is 0. The van der Waals surface area contributed by atoms with Crippen molar-refractivity contribution in [2.75, 3.05) is 0 Å². The van der Waals surface area contributed by atoms with E-state index in [9.17, 15) is 0 Å². The highest BCUT2D eigenvalue weighted by Crippen LogP contribution is 2.22. The average Bonchev–Trinajstić information content (AvgIpc) is 2.55. The highest BCUT2D eigenvalue weighted by molar-refractivity contribution is 5.64. The molecule has 0 amide bonds. The zero-order valence-corrected chi connectivity index (χ0v) is 11.6. The Morgan fingerprint density at radius 2 is 1.57 bits per heavy atom. The van der Waals surface area contributed by atoms with Crippen LogP contribution in [0, 0.1) is 18.3 Å². The van der Waals surface area contributed by atoms with Crippen molar-refractivity contribution in [2.24, 2.45) is 0 Å². The van der Waals surface area contributed by atoms with Crippen LogP contribution in [0.15, 0.2) is 60.7 Å². The fraction of sp³-hybridized carbons (Fsp3) is 0.0556. The van der Waals surface area contributed by atoms with Crippen LogP contribution >= 0.6 is 0 Å². The summed E-state index contributed by atoms with van der Waals surface area (Å²) in [6, 6.07) is 21.4. The van der Waals surface area contributed by atoms with Gasteiger partial charge in [-0.2, -0.15) is 5.26 Å². The summed E-state index contributed by atoms with van der Waals surface area (Å²) in [6.45, 7) is 1.96. The molecule has 0 atom stereocenters. The van der Waals surface area contributed by atoms with Crippen molar-refractivity contribution in [1.82, 2.24) is 9.97 Å². The molecule has 0 radical (unpaired) electrons. The van der Waals surface area contributed by atoms with Gasteiger partial charge in [0, 0.05) is 16.8 Å². The largest absolute Gasteiger partial charge is 0.233 e. The van der Waals surface area contributed by atoms with Gasteiger partial charge in [-0.15, -0.1) is 0 Å². The number of rotatable bonds is 2. The topological polar surface area (TPSA) is 49.6 Å². The maximum atomic E-state index is 8.85. The van der Waals surface area contributed by atoms with Gasteiger partial charge in [-0.05, 0) is 37.3 Å². The van der Waals surface area contributed by atoms with Crippen LogP contribution in [0.5, 0.6) is 0 Å². The Morgan fingerprint density at radius 3 is 2.24 bits per heavy atom. The number of aromatic nitrogens is 2. The normalized spacial score (nSPS) is 10.1. The second-order valence-corrected chi connectivity index (χ2v) is 4.77. The molecule has 1 heterocycles. The van der Waals surface area contributed by atoms with Crippen molar-refractivity contribution in [3.8, 4) is 28.7 Å². The summed E-state index contributed by atoms with van der Waals surface area (Å²) in [5.41, 5.74) is 4.44. The molecule has 0 N–H and O–H groups in total. The van der Waals surface area contributed by atoms with Gasteiger partial charge in [0.25, 0.3) is 0 Å². The zero-order chi connectivity index (χ0) is 14.7. The lowest BCUT2D eigenvalue weighted by Crippen LogP contribution is -1.95. The van der Waals surface area contributed by atoms with Crippen LogP contribution in [0.3, 0.4) is 0 Å². The number of aryl methyl sites for hydroxylation is 1. The summed E-state index contributed by atoms with van der Waals surface area (Å²) in [7, 11) is 0. The number of nitrogens with zero attached hydrogens (tertiary/aromatic N) is 3. The van der Waals surface area contributed by atoms with E-state index in [1.54, 1.807) is 12.1 Å². The predicted octanol–water partition coefficient (Wildman–Crippen LogP) is 3.99. The summed E-state index contributed by atoms with van der Waals surface area (Å²) in [6.07, 6.45) is 0. The first-order chi connectivity index (χ1) is 10.3. The van der Waals surface area contributed by atoms with E-state index in [4.69, 9.17) is 5.26 Å². The summed E-state index contributed by atoms with van der Waals surface area (Å²) < 4.78 is 0. The van der Waals surface area contributed by atoms with Crippen LogP contribution in [0.2, 0.25) is 0 Å². The smallest absolute Gasteiger partial charge is 0.160 e. The molecule has 0 fully saturated rings. The van der Waals surface area contributed by atoms with Crippen molar-refractivity contribution in [3.63, 3.8) is 0 Å². The second-order valence-electron chi connectivity index (χ2n) is 4.77. The Balaban J connectivity index is 2.07. The summed E-state index contributed by atoms with van der Waals surface area (Å²) in [4.78, 5) is 9.13. The van der Waals surface area contributed by atoms with Crippen LogP contribution in [-0.2, 0) is 0 Å². The standard InChI is InChI=1S/C18H13N3/c1-13-11-17(15-5-3-2-4-6-15)21-18(20-13)16-9-7-14(12-19)8-10-16/h2-11H,1H3. The maximum absolute atomic E-state index is 8.85. The van der Waals surface area contributed by atoms with Gasteiger partial charge in [0.05, 0.1) is 17.3 Å². The van der Waals surface area contributed by atoms with Crippen molar-refractivity contribution in [3.05, 3.63) is 71.9 Å². The third kappa shape index (κ3) is 2.80. The van der Waals surface area contributed by atoms with E-state index in [1.165, 1.54) is 0 Å². The first kappa shape index (κ1) is 13.0. The van der Waals surface area contributed by atoms with E-state index in [2.05, 4.69) is 16.0 Å². The quantitative estimate of drug-likeness (QED) is 0.708. The molecule has 0 aliphatic heterocycles. The molecule has 0 aliphatic carbocycles. The maximum Gasteiger partial charge on any atom is 0.160 e. The van der Waals surface area contributed by atoms with Gasteiger partial charge in [-0.25, -0.2) is 9.97 Å². The lowest BCUT2D eigenvalue weighted by molar-refractivity contribution is 1.11. The van der Waals surface area contributed by atoms with E-state index in [-0.39, 0.29) is 0 Å². The molecule has 3 rings (SSSR count). The monoisotopic (exact) mass is 271 g/mol. The van der Waals surface area contributed by atoms with Crippen molar-refractivity contribution >= 4 is 0 Å². The Morgan fingerprint density at radius 1 is 0.857 bits per heavy atom. The molecule has 0 spiro atoms. The van der Waals surface area contributed by atoms with E-state index in [0.29, 0.717) is 11.4 Å². The zero-order valence-electron chi connectivity index (χ0n) is 11.6. The fourth-order valence-electron chi connectivity index (χ4n) is 2.15. The van der Waals surface area contributed by atoms with Gasteiger partial charge in [0.2, 0.25) is 0 Å². The molecule has 0 bridgehead atoms. The van der Waals surface area contributed by atoms with Gasteiger partial charge < -0.3 is 0 Å². The van der Waals surface area contributed by atoms with Crippen LogP contribution in [0.25, 0.3) is 22.6 Å². The first-order valence-corrected chi connectivity index (χ1v) is 6.68. The molecule has 100 valence electrons. The molecule has 0 saturated carbocycles. The number of hydrogen-bond acceptors (Lipinski definition) is 3. The van der Waals surface area contributed by atoms with Crippen LogP contribution in [0.1, 0.15) is 11.3 Å². The molecule has 3 aromatic rings. The molecule has 3 heteroatoms. The first-order valence-electron chi connectivity index (χ1n) is 6.68. The highest BCUT2D eigenvalue weighted by atomic mass is 14.9. The molecule has 3 nitrogen and oxygen atoms in total. The van der Waals surface area contributed by atoms with E-state index in [1.807, 2.05) is 55.5 Å². The Bertz CT molecular complexity index is 800. The Labute approximate surface area is 123 Å². The SMILES string of the molecule is Cc1cc(-c2ccccc2)nc(-c2ccc(C#N)cc2)n1.